The molecule has 0 aromatic heterocycles. The maximum atomic E-state index is 11.8. The van der Waals surface area contributed by atoms with Crippen molar-refractivity contribution in [3.8, 4) is 0 Å². The molecule has 0 saturated carbocycles. The van der Waals surface area contributed by atoms with Crippen LogP contribution in [0.4, 0.5) is 16.2 Å². The average Bonchev–Trinajstić information content (AvgIpc) is 2.43. The van der Waals surface area contributed by atoms with Crippen molar-refractivity contribution in [1.82, 2.24) is 0 Å². The highest BCUT2D eigenvalue weighted by Gasteiger charge is 2.09. The van der Waals surface area contributed by atoms with E-state index >= 15 is 0 Å². The number of hydrogen-bond acceptors (Lipinski definition) is 2. The van der Waals surface area contributed by atoms with E-state index in [1.807, 2.05) is 19.1 Å². The molecule has 0 aliphatic carbocycles. The molecule has 2 amide bonds. The van der Waals surface area contributed by atoms with Crippen molar-refractivity contribution in [3.05, 3.63) is 58.6 Å². The Balaban J connectivity index is 2.06. The maximum absolute atomic E-state index is 11.8. The zero-order valence-electron chi connectivity index (χ0n) is 11.2. The standard InChI is InChI=1S/C15H13ClN2O3/c1-9-2-5-11(6-3-9)17-15(21)18-13-7-4-10(14(19)20)8-12(13)16/h2-8H,1H3,(H,19,20)(H2,17,18,21). The molecular formula is C15H13ClN2O3. The van der Waals surface area contributed by atoms with E-state index in [0.29, 0.717) is 11.4 Å². The number of nitrogens with one attached hydrogen (secondary N) is 2. The maximum Gasteiger partial charge on any atom is 0.335 e. The summed E-state index contributed by atoms with van der Waals surface area (Å²) in [7, 11) is 0. The van der Waals surface area contributed by atoms with E-state index in [0.717, 1.165) is 5.56 Å². The smallest absolute Gasteiger partial charge is 0.335 e. The molecule has 2 rings (SSSR count). The van der Waals surface area contributed by atoms with Crippen LogP contribution in [0.25, 0.3) is 0 Å². The van der Waals surface area contributed by atoms with Gasteiger partial charge in [0.25, 0.3) is 0 Å². The molecule has 0 saturated heterocycles. The van der Waals surface area contributed by atoms with Crippen molar-refractivity contribution in [2.24, 2.45) is 0 Å². The van der Waals surface area contributed by atoms with Gasteiger partial charge in [0.2, 0.25) is 0 Å². The van der Waals surface area contributed by atoms with Crippen molar-refractivity contribution in [2.75, 3.05) is 10.6 Å². The van der Waals surface area contributed by atoms with Gasteiger partial charge in [-0.15, -0.1) is 0 Å². The summed E-state index contributed by atoms with van der Waals surface area (Å²) < 4.78 is 0. The van der Waals surface area contributed by atoms with Crippen LogP contribution in [0.5, 0.6) is 0 Å². The Kier molecular flexibility index (Phi) is 4.45. The second-order valence-electron chi connectivity index (χ2n) is 4.44. The summed E-state index contributed by atoms with van der Waals surface area (Å²) in [6.07, 6.45) is 0. The van der Waals surface area contributed by atoms with Crippen LogP contribution in [-0.4, -0.2) is 17.1 Å². The van der Waals surface area contributed by atoms with Crippen LogP contribution in [0, 0.1) is 6.92 Å². The normalized spacial score (nSPS) is 10.0. The number of benzene rings is 2. The summed E-state index contributed by atoms with van der Waals surface area (Å²) in [5.41, 5.74) is 2.14. The highest BCUT2D eigenvalue weighted by atomic mass is 35.5. The largest absolute Gasteiger partial charge is 0.478 e. The lowest BCUT2D eigenvalue weighted by molar-refractivity contribution is 0.0697. The lowest BCUT2D eigenvalue weighted by atomic mass is 10.2. The van der Waals surface area contributed by atoms with Gasteiger partial charge in [-0.25, -0.2) is 9.59 Å². The van der Waals surface area contributed by atoms with Crippen molar-refractivity contribution in [1.29, 1.82) is 0 Å². The molecule has 0 unspecified atom stereocenters. The Morgan fingerprint density at radius 3 is 2.29 bits per heavy atom. The van der Waals surface area contributed by atoms with Crippen LogP contribution < -0.4 is 10.6 Å². The molecule has 0 aliphatic heterocycles. The molecule has 0 atom stereocenters. The van der Waals surface area contributed by atoms with Crippen LogP contribution in [0.1, 0.15) is 15.9 Å². The first-order chi connectivity index (χ1) is 9.95. The second kappa shape index (κ2) is 6.28. The number of carbonyl (C=O) groups is 2. The number of carboxylic acids is 1. The molecule has 0 radical (unpaired) electrons. The van der Waals surface area contributed by atoms with E-state index in [2.05, 4.69) is 10.6 Å². The van der Waals surface area contributed by atoms with E-state index in [9.17, 15) is 9.59 Å². The summed E-state index contributed by atoms with van der Waals surface area (Å²) in [6, 6.07) is 11.0. The van der Waals surface area contributed by atoms with E-state index < -0.39 is 12.0 Å². The summed E-state index contributed by atoms with van der Waals surface area (Å²) >= 11 is 5.94. The predicted molar refractivity (Wildman–Crippen MR) is 82.2 cm³/mol. The summed E-state index contributed by atoms with van der Waals surface area (Å²) in [5, 5.41) is 14.2. The number of halogens is 1. The number of carboxylic acid groups (broad SMARTS) is 1. The van der Waals surface area contributed by atoms with Crippen molar-refractivity contribution >= 4 is 35.0 Å². The second-order valence-corrected chi connectivity index (χ2v) is 4.85. The first-order valence-corrected chi connectivity index (χ1v) is 6.51. The van der Waals surface area contributed by atoms with Gasteiger partial charge in [-0.3, -0.25) is 0 Å². The molecule has 2 aromatic carbocycles. The Hall–Kier alpha value is -2.53. The number of aryl methyl sites for hydroxylation is 1. The minimum absolute atomic E-state index is 0.0597. The Morgan fingerprint density at radius 1 is 1.05 bits per heavy atom. The number of hydrogen-bond donors (Lipinski definition) is 3. The summed E-state index contributed by atoms with van der Waals surface area (Å²) in [4.78, 5) is 22.6. The van der Waals surface area contributed by atoms with Crippen molar-refractivity contribution in [2.45, 2.75) is 6.92 Å². The van der Waals surface area contributed by atoms with Gasteiger partial charge in [0.05, 0.1) is 16.3 Å². The number of urea groups is 1. The SMILES string of the molecule is Cc1ccc(NC(=O)Nc2ccc(C(=O)O)cc2Cl)cc1. The van der Waals surface area contributed by atoms with Crippen LogP contribution >= 0.6 is 11.6 Å². The number of amides is 2. The molecule has 21 heavy (non-hydrogen) atoms. The molecule has 0 heterocycles. The quantitative estimate of drug-likeness (QED) is 0.802. The van der Waals surface area contributed by atoms with Gasteiger partial charge in [0.1, 0.15) is 0 Å². The molecule has 6 heteroatoms. The fraction of sp³-hybridized carbons (Fsp3) is 0.0667. The van der Waals surface area contributed by atoms with Crippen LogP contribution in [-0.2, 0) is 0 Å². The van der Waals surface area contributed by atoms with Gasteiger partial charge >= 0.3 is 12.0 Å². The van der Waals surface area contributed by atoms with Crippen LogP contribution in [0.15, 0.2) is 42.5 Å². The summed E-state index contributed by atoms with van der Waals surface area (Å²) in [6.45, 7) is 1.95. The average molecular weight is 305 g/mol. The predicted octanol–water partition coefficient (Wildman–Crippen LogP) is 3.99. The number of aromatic carboxylic acids is 1. The van der Waals surface area contributed by atoms with Gasteiger partial charge in [-0.2, -0.15) is 0 Å². The van der Waals surface area contributed by atoms with Crippen molar-refractivity contribution in [3.63, 3.8) is 0 Å². The van der Waals surface area contributed by atoms with Gasteiger partial charge < -0.3 is 15.7 Å². The lowest BCUT2D eigenvalue weighted by Crippen LogP contribution is -2.19. The van der Waals surface area contributed by atoms with Gasteiger partial charge in [0.15, 0.2) is 0 Å². The van der Waals surface area contributed by atoms with Gasteiger partial charge in [0, 0.05) is 5.69 Å². The molecule has 0 bridgehead atoms. The fourth-order valence-electron chi connectivity index (χ4n) is 1.67. The molecule has 3 N–H and O–H groups in total. The molecule has 5 nitrogen and oxygen atoms in total. The lowest BCUT2D eigenvalue weighted by Gasteiger charge is -2.09. The molecular weight excluding hydrogens is 292 g/mol. The topological polar surface area (TPSA) is 78.4 Å². The zero-order valence-corrected chi connectivity index (χ0v) is 11.9. The zero-order chi connectivity index (χ0) is 15.4. The molecule has 0 aliphatic rings. The Labute approximate surface area is 126 Å². The van der Waals surface area contributed by atoms with Crippen LogP contribution in [0.2, 0.25) is 5.02 Å². The molecule has 2 aromatic rings. The molecule has 108 valence electrons. The third-order valence-electron chi connectivity index (χ3n) is 2.77. The Bertz CT molecular complexity index is 684. The van der Waals surface area contributed by atoms with E-state index in [1.54, 1.807) is 12.1 Å². The van der Waals surface area contributed by atoms with E-state index in [-0.39, 0.29) is 10.6 Å². The highest BCUT2D eigenvalue weighted by molar-refractivity contribution is 6.34. The first kappa shape index (κ1) is 14.9. The minimum Gasteiger partial charge on any atom is -0.478 e. The van der Waals surface area contributed by atoms with Gasteiger partial charge in [-0.1, -0.05) is 29.3 Å². The summed E-state index contributed by atoms with van der Waals surface area (Å²) in [5.74, 6) is -1.08. The third-order valence-corrected chi connectivity index (χ3v) is 3.09. The minimum atomic E-state index is -1.08. The molecule has 0 spiro atoms. The van der Waals surface area contributed by atoms with Gasteiger partial charge in [-0.05, 0) is 37.3 Å². The van der Waals surface area contributed by atoms with Crippen molar-refractivity contribution < 1.29 is 14.7 Å². The monoisotopic (exact) mass is 304 g/mol. The number of rotatable bonds is 3. The first-order valence-electron chi connectivity index (χ1n) is 6.13. The van der Waals surface area contributed by atoms with E-state index in [1.165, 1.54) is 18.2 Å². The Morgan fingerprint density at radius 2 is 1.71 bits per heavy atom. The fourth-order valence-corrected chi connectivity index (χ4v) is 1.90. The van der Waals surface area contributed by atoms with Crippen LogP contribution in [0.3, 0.4) is 0 Å². The molecule has 0 fully saturated rings. The van der Waals surface area contributed by atoms with E-state index in [4.69, 9.17) is 16.7 Å². The highest BCUT2D eigenvalue weighted by Crippen LogP contribution is 2.23. The number of carbonyl (C=O) groups excluding carboxylic acids is 1. The number of anilines is 2. The third kappa shape index (κ3) is 3.97.